The number of ether oxygens (including phenoxy) is 2. The molecule has 1 atom stereocenters. The topological polar surface area (TPSA) is 35.5 Å². The fourth-order valence-corrected chi connectivity index (χ4v) is 1.17. The third-order valence-electron chi connectivity index (χ3n) is 2.38. The normalized spacial score (nSPS) is 11.4. The molecular weight excluding hydrogens is 252 g/mol. The number of carbonyl (C=O) groups excluding carboxylic acids is 1. The lowest BCUT2D eigenvalue weighted by Gasteiger charge is -2.17. The number of hydrogen-bond donors (Lipinski definition) is 0. The van der Waals surface area contributed by atoms with E-state index in [2.05, 4.69) is 30.8 Å². The van der Waals surface area contributed by atoms with Crippen molar-refractivity contribution in [2.75, 3.05) is 6.61 Å². The lowest BCUT2D eigenvalue weighted by atomic mass is 9.97. The number of carbonyl (C=O) groups is 1. The van der Waals surface area contributed by atoms with E-state index < -0.39 is 11.5 Å². The van der Waals surface area contributed by atoms with Crippen LogP contribution in [0.3, 0.4) is 0 Å². The van der Waals surface area contributed by atoms with Gasteiger partial charge in [0.1, 0.15) is 6.11 Å². The third kappa shape index (κ3) is 9.34. The summed E-state index contributed by atoms with van der Waals surface area (Å²) in [5.74, 6) is 8.33. The van der Waals surface area contributed by atoms with Gasteiger partial charge in [-0.2, -0.15) is 0 Å². The van der Waals surface area contributed by atoms with Gasteiger partial charge < -0.3 is 9.47 Å². The van der Waals surface area contributed by atoms with Crippen LogP contribution < -0.4 is 0 Å². The standard InChI is InChI=1S/C17H26O3/c1-6-8-9-10-11-12-15(13-14-19-7-2)20-16(18)17(3,4)5/h15H,6-10H2,1-5H3. The molecule has 0 radical (unpaired) electrons. The highest BCUT2D eigenvalue weighted by Gasteiger charge is 2.25. The van der Waals surface area contributed by atoms with Crippen LogP contribution in [0.4, 0.5) is 0 Å². The van der Waals surface area contributed by atoms with E-state index in [1.165, 1.54) is 0 Å². The molecule has 112 valence electrons. The van der Waals surface area contributed by atoms with Crippen molar-refractivity contribution in [2.24, 2.45) is 5.41 Å². The Labute approximate surface area is 123 Å². The molecule has 0 spiro atoms. The Morgan fingerprint density at radius 2 is 1.85 bits per heavy atom. The van der Waals surface area contributed by atoms with E-state index in [1.807, 2.05) is 6.92 Å². The highest BCUT2D eigenvalue weighted by molar-refractivity contribution is 5.76. The lowest BCUT2D eigenvalue weighted by molar-refractivity contribution is -0.153. The van der Waals surface area contributed by atoms with Gasteiger partial charge in [0.2, 0.25) is 6.10 Å². The Balaban J connectivity index is 4.58. The summed E-state index contributed by atoms with van der Waals surface area (Å²) in [5, 5.41) is 0. The Morgan fingerprint density at radius 1 is 1.15 bits per heavy atom. The van der Waals surface area contributed by atoms with Gasteiger partial charge in [0.25, 0.3) is 0 Å². The minimum atomic E-state index is -0.713. The maximum absolute atomic E-state index is 11.8. The van der Waals surface area contributed by atoms with Gasteiger partial charge in [-0.1, -0.05) is 25.7 Å². The summed E-state index contributed by atoms with van der Waals surface area (Å²) >= 11 is 0. The van der Waals surface area contributed by atoms with Gasteiger partial charge in [0.15, 0.2) is 0 Å². The molecule has 3 heteroatoms. The van der Waals surface area contributed by atoms with Crippen LogP contribution in [-0.4, -0.2) is 18.7 Å². The molecule has 0 bridgehead atoms. The number of unbranched alkanes of at least 4 members (excludes halogenated alkanes) is 3. The molecule has 0 aliphatic heterocycles. The smallest absolute Gasteiger partial charge is 0.313 e. The van der Waals surface area contributed by atoms with Crippen molar-refractivity contribution in [3.05, 3.63) is 0 Å². The molecule has 0 aliphatic rings. The van der Waals surface area contributed by atoms with Crippen molar-refractivity contribution in [3.63, 3.8) is 0 Å². The van der Waals surface area contributed by atoms with Crippen LogP contribution in [0.25, 0.3) is 0 Å². The predicted molar refractivity (Wildman–Crippen MR) is 80.7 cm³/mol. The molecule has 0 saturated heterocycles. The summed E-state index contributed by atoms with van der Waals surface area (Å²) in [5.41, 5.74) is -0.560. The van der Waals surface area contributed by atoms with E-state index in [9.17, 15) is 4.79 Å². The summed E-state index contributed by atoms with van der Waals surface area (Å²) in [6.07, 6.45) is 5.98. The minimum Gasteiger partial charge on any atom is -0.447 e. The fourth-order valence-electron chi connectivity index (χ4n) is 1.17. The zero-order valence-corrected chi connectivity index (χ0v) is 13.3. The fraction of sp³-hybridized carbons (Fsp3) is 0.706. The van der Waals surface area contributed by atoms with Crippen LogP contribution >= 0.6 is 0 Å². The highest BCUT2D eigenvalue weighted by Crippen LogP contribution is 2.16. The SMILES string of the molecule is CCCCCC#CC(C#COCC)OC(=O)C(C)(C)C. The van der Waals surface area contributed by atoms with Crippen molar-refractivity contribution in [1.82, 2.24) is 0 Å². The van der Waals surface area contributed by atoms with E-state index in [0.29, 0.717) is 6.61 Å². The molecule has 0 rings (SSSR count). The van der Waals surface area contributed by atoms with Crippen LogP contribution in [0.2, 0.25) is 0 Å². The highest BCUT2D eigenvalue weighted by atomic mass is 16.5. The number of hydrogen-bond acceptors (Lipinski definition) is 3. The lowest BCUT2D eigenvalue weighted by Crippen LogP contribution is -2.27. The summed E-state index contributed by atoms with van der Waals surface area (Å²) in [6.45, 7) is 9.90. The van der Waals surface area contributed by atoms with Crippen LogP contribution in [0, 0.1) is 29.3 Å². The molecule has 0 aromatic heterocycles. The average molecular weight is 278 g/mol. The monoisotopic (exact) mass is 278 g/mol. The van der Waals surface area contributed by atoms with Gasteiger partial charge in [-0.3, -0.25) is 4.79 Å². The first-order valence-electron chi connectivity index (χ1n) is 7.23. The zero-order valence-electron chi connectivity index (χ0n) is 13.3. The Kier molecular flexibility index (Phi) is 9.39. The van der Waals surface area contributed by atoms with Gasteiger partial charge >= 0.3 is 5.97 Å². The molecule has 0 aliphatic carbocycles. The number of rotatable bonds is 5. The van der Waals surface area contributed by atoms with E-state index >= 15 is 0 Å². The largest absolute Gasteiger partial charge is 0.447 e. The van der Waals surface area contributed by atoms with Crippen LogP contribution in [0.5, 0.6) is 0 Å². The minimum absolute atomic E-state index is 0.309. The average Bonchev–Trinajstić information content (AvgIpc) is 2.37. The Hall–Kier alpha value is -1.61. The molecular formula is C17H26O3. The maximum atomic E-state index is 11.8. The van der Waals surface area contributed by atoms with Gasteiger partial charge in [-0.25, -0.2) is 0 Å². The third-order valence-corrected chi connectivity index (χ3v) is 2.38. The molecule has 1 unspecified atom stereocenters. The molecule has 20 heavy (non-hydrogen) atoms. The Morgan fingerprint density at radius 3 is 2.40 bits per heavy atom. The molecule has 0 aromatic carbocycles. The van der Waals surface area contributed by atoms with E-state index in [-0.39, 0.29) is 5.97 Å². The summed E-state index contributed by atoms with van der Waals surface area (Å²) in [7, 11) is 0. The van der Waals surface area contributed by atoms with Crippen molar-refractivity contribution in [2.45, 2.75) is 66.4 Å². The van der Waals surface area contributed by atoms with Crippen molar-refractivity contribution in [1.29, 1.82) is 0 Å². The van der Waals surface area contributed by atoms with Crippen molar-refractivity contribution >= 4 is 5.97 Å². The predicted octanol–water partition coefficient (Wildman–Crippen LogP) is 3.53. The van der Waals surface area contributed by atoms with Gasteiger partial charge in [0, 0.05) is 6.42 Å². The second-order valence-corrected chi connectivity index (χ2v) is 5.49. The molecule has 0 heterocycles. The Bertz CT molecular complexity index is 396. The first-order valence-corrected chi connectivity index (χ1v) is 7.23. The second kappa shape index (κ2) is 10.2. The summed E-state index contributed by atoms with van der Waals surface area (Å²) < 4.78 is 10.3. The van der Waals surface area contributed by atoms with Gasteiger partial charge in [-0.05, 0) is 46.0 Å². The van der Waals surface area contributed by atoms with Gasteiger partial charge in [0.05, 0.1) is 12.0 Å². The molecule has 0 N–H and O–H groups in total. The molecule has 0 amide bonds. The van der Waals surface area contributed by atoms with Crippen molar-refractivity contribution in [3.8, 4) is 23.9 Å². The quantitative estimate of drug-likeness (QED) is 0.438. The van der Waals surface area contributed by atoms with E-state index in [0.717, 1.165) is 25.7 Å². The van der Waals surface area contributed by atoms with Crippen molar-refractivity contribution < 1.29 is 14.3 Å². The zero-order chi connectivity index (χ0) is 15.4. The van der Waals surface area contributed by atoms with Crippen LogP contribution in [0.15, 0.2) is 0 Å². The molecule has 0 fully saturated rings. The summed E-state index contributed by atoms with van der Waals surface area (Å²) in [4.78, 5) is 11.8. The van der Waals surface area contributed by atoms with E-state index in [1.54, 1.807) is 20.8 Å². The molecule has 0 aromatic rings. The molecule has 3 nitrogen and oxygen atoms in total. The maximum Gasteiger partial charge on any atom is 0.313 e. The second-order valence-electron chi connectivity index (χ2n) is 5.49. The molecule has 0 saturated carbocycles. The van der Waals surface area contributed by atoms with Crippen LogP contribution in [0.1, 0.15) is 60.3 Å². The first-order chi connectivity index (χ1) is 9.41. The summed E-state index contributed by atoms with van der Waals surface area (Å²) in [6, 6.07) is 0. The van der Waals surface area contributed by atoms with Crippen LogP contribution in [-0.2, 0) is 14.3 Å². The first kappa shape index (κ1) is 18.4. The van der Waals surface area contributed by atoms with E-state index in [4.69, 9.17) is 9.47 Å². The van der Waals surface area contributed by atoms with Gasteiger partial charge in [-0.15, -0.1) is 0 Å². The number of esters is 1.